The molecule has 110 valence electrons. The molecule has 0 fully saturated rings. The average Bonchev–Trinajstić information content (AvgIpc) is 2.36. The van der Waals surface area contributed by atoms with Crippen LogP contribution in [0.4, 0.5) is 0 Å². The number of nitrogens with one attached hydrogen (secondary N) is 1. The molecular formula is C16H22BrNO2. The fourth-order valence-corrected chi connectivity index (χ4v) is 2.26. The van der Waals surface area contributed by atoms with E-state index in [0.717, 1.165) is 10.0 Å². The standard InChI is InChI=1S/C16H22BrNO2/c1-16(2,3)14(10-11-19)18-15(20)9-8-12-6-4-5-7-13(12)17/h4-9,14,19H,10-11H2,1-3H3,(H,18,20)/b9-8+. The number of amides is 1. The van der Waals surface area contributed by atoms with Gasteiger partial charge < -0.3 is 10.4 Å². The van der Waals surface area contributed by atoms with Crippen LogP contribution in [-0.4, -0.2) is 23.7 Å². The average molecular weight is 340 g/mol. The first-order chi connectivity index (χ1) is 9.34. The molecule has 0 aliphatic rings. The number of rotatable bonds is 5. The molecule has 0 saturated carbocycles. The molecule has 1 amide bonds. The Kier molecular flexibility index (Phi) is 6.43. The van der Waals surface area contributed by atoms with E-state index in [1.54, 1.807) is 6.08 Å². The van der Waals surface area contributed by atoms with Gasteiger partial charge in [-0.2, -0.15) is 0 Å². The van der Waals surface area contributed by atoms with Crippen molar-refractivity contribution in [2.45, 2.75) is 33.2 Å². The Balaban J connectivity index is 2.69. The highest BCUT2D eigenvalue weighted by Crippen LogP contribution is 2.22. The quantitative estimate of drug-likeness (QED) is 0.808. The number of carbonyl (C=O) groups is 1. The molecule has 0 radical (unpaired) electrons. The zero-order valence-electron chi connectivity index (χ0n) is 12.2. The molecule has 2 N–H and O–H groups in total. The number of hydrogen-bond donors (Lipinski definition) is 2. The van der Waals surface area contributed by atoms with Gasteiger partial charge in [-0.05, 0) is 29.5 Å². The highest BCUT2D eigenvalue weighted by molar-refractivity contribution is 9.10. The van der Waals surface area contributed by atoms with Crippen LogP contribution in [0.15, 0.2) is 34.8 Å². The number of benzene rings is 1. The summed E-state index contributed by atoms with van der Waals surface area (Å²) < 4.78 is 0.951. The monoisotopic (exact) mass is 339 g/mol. The SMILES string of the molecule is CC(C)(C)C(CCO)NC(=O)/C=C/c1ccccc1Br. The van der Waals surface area contributed by atoms with Crippen LogP contribution in [0.1, 0.15) is 32.8 Å². The smallest absolute Gasteiger partial charge is 0.244 e. The van der Waals surface area contributed by atoms with Gasteiger partial charge in [0.2, 0.25) is 5.91 Å². The second kappa shape index (κ2) is 7.60. The van der Waals surface area contributed by atoms with Crippen LogP contribution in [0.3, 0.4) is 0 Å². The van der Waals surface area contributed by atoms with Gasteiger partial charge in [-0.15, -0.1) is 0 Å². The summed E-state index contributed by atoms with van der Waals surface area (Å²) in [4.78, 5) is 12.0. The predicted octanol–water partition coefficient (Wildman–Crippen LogP) is 3.38. The molecule has 1 unspecified atom stereocenters. The van der Waals surface area contributed by atoms with Crippen molar-refractivity contribution in [2.75, 3.05) is 6.61 Å². The van der Waals surface area contributed by atoms with Crippen molar-refractivity contribution < 1.29 is 9.90 Å². The van der Waals surface area contributed by atoms with Crippen LogP contribution >= 0.6 is 15.9 Å². The zero-order valence-corrected chi connectivity index (χ0v) is 13.8. The van der Waals surface area contributed by atoms with Gasteiger partial charge in [-0.25, -0.2) is 0 Å². The first-order valence-corrected chi connectivity index (χ1v) is 7.48. The van der Waals surface area contributed by atoms with Crippen LogP contribution in [-0.2, 0) is 4.79 Å². The summed E-state index contributed by atoms with van der Waals surface area (Å²) in [7, 11) is 0. The van der Waals surface area contributed by atoms with Gasteiger partial charge in [0, 0.05) is 23.2 Å². The summed E-state index contributed by atoms with van der Waals surface area (Å²) in [5.74, 6) is -0.144. The van der Waals surface area contributed by atoms with Crippen molar-refractivity contribution in [3.63, 3.8) is 0 Å². The molecule has 1 aromatic carbocycles. The lowest BCUT2D eigenvalue weighted by Gasteiger charge is -2.30. The van der Waals surface area contributed by atoms with Gasteiger partial charge in [0.1, 0.15) is 0 Å². The summed E-state index contributed by atoms with van der Waals surface area (Å²) in [5.41, 5.74) is 0.872. The fraction of sp³-hybridized carbons (Fsp3) is 0.438. The van der Waals surface area contributed by atoms with Gasteiger partial charge in [0.05, 0.1) is 0 Å². The third-order valence-corrected chi connectivity index (χ3v) is 3.82. The van der Waals surface area contributed by atoms with Crippen molar-refractivity contribution in [1.82, 2.24) is 5.32 Å². The Bertz CT molecular complexity index is 478. The highest BCUT2D eigenvalue weighted by Gasteiger charge is 2.24. The maximum absolute atomic E-state index is 12.0. The second-order valence-corrected chi connectivity index (χ2v) is 6.65. The largest absolute Gasteiger partial charge is 0.396 e. The lowest BCUT2D eigenvalue weighted by atomic mass is 9.85. The van der Waals surface area contributed by atoms with E-state index < -0.39 is 0 Å². The van der Waals surface area contributed by atoms with Crippen LogP contribution in [0.2, 0.25) is 0 Å². The molecule has 1 rings (SSSR count). The molecule has 0 aliphatic carbocycles. The van der Waals surface area contributed by atoms with E-state index in [0.29, 0.717) is 6.42 Å². The van der Waals surface area contributed by atoms with Gasteiger partial charge in [0.25, 0.3) is 0 Å². The van der Waals surface area contributed by atoms with Gasteiger partial charge in [-0.1, -0.05) is 54.9 Å². The molecule has 4 heteroatoms. The number of halogens is 1. The molecule has 3 nitrogen and oxygen atoms in total. The van der Waals surface area contributed by atoms with E-state index in [4.69, 9.17) is 5.11 Å². The maximum Gasteiger partial charge on any atom is 0.244 e. The lowest BCUT2D eigenvalue weighted by Crippen LogP contribution is -2.43. The maximum atomic E-state index is 12.0. The van der Waals surface area contributed by atoms with Crippen molar-refractivity contribution in [3.05, 3.63) is 40.4 Å². The molecule has 0 aliphatic heterocycles. The lowest BCUT2D eigenvalue weighted by molar-refractivity contribution is -0.118. The second-order valence-electron chi connectivity index (χ2n) is 5.79. The molecule has 0 aromatic heterocycles. The number of hydrogen-bond acceptors (Lipinski definition) is 2. The van der Waals surface area contributed by atoms with Crippen molar-refractivity contribution in [2.24, 2.45) is 5.41 Å². The fourth-order valence-electron chi connectivity index (χ4n) is 1.85. The highest BCUT2D eigenvalue weighted by atomic mass is 79.9. The first-order valence-electron chi connectivity index (χ1n) is 6.68. The first kappa shape index (κ1) is 16.9. The van der Waals surface area contributed by atoms with Gasteiger partial charge in [-0.3, -0.25) is 4.79 Å². The summed E-state index contributed by atoms with van der Waals surface area (Å²) in [6, 6.07) is 7.66. The van der Waals surface area contributed by atoms with Gasteiger partial charge in [0.15, 0.2) is 0 Å². The van der Waals surface area contributed by atoms with E-state index in [1.165, 1.54) is 6.08 Å². The molecule has 1 atom stereocenters. The predicted molar refractivity (Wildman–Crippen MR) is 86.3 cm³/mol. The molecule has 20 heavy (non-hydrogen) atoms. The summed E-state index contributed by atoms with van der Waals surface area (Å²) in [6.07, 6.45) is 3.85. The van der Waals surface area contributed by atoms with Crippen molar-refractivity contribution in [1.29, 1.82) is 0 Å². The summed E-state index contributed by atoms with van der Waals surface area (Å²) >= 11 is 3.44. The Morgan fingerprint density at radius 2 is 2.05 bits per heavy atom. The molecular weight excluding hydrogens is 318 g/mol. The molecule has 0 spiro atoms. The minimum absolute atomic E-state index is 0.0520. The van der Waals surface area contributed by atoms with Gasteiger partial charge >= 0.3 is 0 Å². The molecule has 0 heterocycles. The normalized spacial score (nSPS) is 13.4. The third-order valence-electron chi connectivity index (χ3n) is 3.10. The van der Waals surface area contributed by atoms with Crippen molar-refractivity contribution >= 4 is 27.9 Å². The summed E-state index contributed by atoms with van der Waals surface area (Å²) in [6.45, 7) is 6.21. The minimum Gasteiger partial charge on any atom is -0.396 e. The van der Waals surface area contributed by atoms with E-state index in [9.17, 15) is 4.79 Å². The topological polar surface area (TPSA) is 49.3 Å². The van der Waals surface area contributed by atoms with Crippen LogP contribution < -0.4 is 5.32 Å². The summed E-state index contributed by atoms with van der Waals surface area (Å²) in [5, 5.41) is 12.0. The van der Waals surface area contributed by atoms with Crippen LogP contribution in [0.5, 0.6) is 0 Å². The van der Waals surface area contributed by atoms with E-state index >= 15 is 0 Å². The Morgan fingerprint density at radius 3 is 2.60 bits per heavy atom. The Hall–Kier alpha value is -1.13. The van der Waals surface area contributed by atoms with Crippen LogP contribution in [0, 0.1) is 5.41 Å². The van der Waals surface area contributed by atoms with Crippen LogP contribution in [0.25, 0.3) is 6.08 Å². The third kappa shape index (κ3) is 5.47. The van der Waals surface area contributed by atoms with E-state index in [2.05, 4.69) is 21.2 Å². The number of aliphatic hydroxyl groups is 1. The Morgan fingerprint density at radius 1 is 1.40 bits per heavy atom. The van der Waals surface area contributed by atoms with E-state index in [-0.39, 0.29) is 24.0 Å². The molecule has 0 saturated heterocycles. The molecule has 1 aromatic rings. The Labute approximate surface area is 129 Å². The minimum atomic E-state index is -0.144. The van der Waals surface area contributed by atoms with E-state index in [1.807, 2.05) is 45.0 Å². The molecule has 0 bridgehead atoms. The number of carbonyl (C=O) groups excluding carboxylic acids is 1. The number of aliphatic hydroxyl groups excluding tert-OH is 1. The van der Waals surface area contributed by atoms with Crippen molar-refractivity contribution in [3.8, 4) is 0 Å². The zero-order chi connectivity index (χ0) is 15.2.